The van der Waals surface area contributed by atoms with Crippen LogP contribution in [-0.4, -0.2) is 16.1 Å². The number of rotatable bonds is 3. The molecule has 0 spiro atoms. The second-order valence-corrected chi connectivity index (χ2v) is 5.00. The van der Waals surface area contributed by atoms with Crippen LogP contribution in [0, 0.1) is 17.5 Å². The Morgan fingerprint density at radius 2 is 1.70 bits per heavy atom. The monoisotopic (exact) mass is 319 g/mol. The van der Waals surface area contributed by atoms with Crippen LogP contribution in [0.25, 0.3) is 16.6 Å². The Hall–Kier alpha value is -2.67. The van der Waals surface area contributed by atoms with Crippen molar-refractivity contribution in [3.8, 4) is 5.69 Å². The summed E-state index contributed by atoms with van der Waals surface area (Å²) in [5, 5.41) is 0.0236. The van der Waals surface area contributed by atoms with Gasteiger partial charge in [-0.1, -0.05) is 0 Å². The predicted octanol–water partition coefficient (Wildman–Crippen LogP) is 2.30. The number of benzene rings is 2. The molecule has 0 amide bonds. The van der Waals surface area contributed by atoms with E-state index >= 15 is 0 Å². The summed E-state index contributed by atoms with van der Waals surface area (Å²) in [5.74, 6) is -2.00. The molecule has 3 rings (SSSR count). The lowest BCUT2D eigenvalue weighted by molar-refractivity contribution is 0.580. The van der Waals surface area contributed by atoms with Crippen LogP contribution in [0.2, 0.25) is 0 Å². The van der Waals surface area contributed by atoms with Gasteiger partial charge in [0.1, 0.15) is 23.3 Å². The molecule has 0 saturated heterocycles. The van der Waals surface area contributed by atoms with Crippen LogP contribution < -0.4 is 11.3 Å². The molecule has 0 atom stereocenters. The summed E-state index contributed by atoms with van der Waals surface area (Å²) in [6.45, 7) is 0.191. The molecule has 2 aromatic carbocycles. The summed E-state index contributed by atoms with van der Waals surface area (Å²) < 4.78 is 41.4. The van der Waals surface area contributed by atoms with Crippen LogP contribution in [-0.2, 0) is 6.42 Å². The summed E-state index contributed by atoms with van der Waals surface area (Å²) in [5.41, 5.74) is 5.19. The fraction of sp³-hybridized carbons (Fsp3) is 0.125. The zero-order chi connectivity index (χ0) is 16.6. The van der Waals surface area contributed by atoms with Gasteiger partial charge in [0, 0.05) is 12.5 Å². The van der Waals surface area contributed by atoms with Crippen molar-refractivity contribution < 1.29 is 13.2 Å². The lowest BCUT2D eigenvalue weighted by Gasteiger charge is -2.13. The fourth-order valence-corrected chi connectivity index (χ4v) is 2.44. The van der Waals surface area contributed by atoms with Gasteiger partial charge in [-0.3, -0.25) is 9.36 Å². The Bertz CT molecular complexity index is 933. The van der Waals surface area contributed by atoms with Gasteiger partial charge < -0.3 is 5.73 Å². The number of nitrogens with zero attached hydrogens (tertiary/aromatic N) is 2. The van der Waals surface area contributed by atoms with Gasteiger partial charge in [-0.05, 0) is 36.9 Å². The van der Waals surface area contributed by atoms with Crippen molar-refractivity contribution >= 4 is 10.9 Å². The van der Waals surface area contributed by atoms with Gasteiger partial charge in [0.05, 0.1) is 16.6 Å². The van der Waals surface area contributed by atoms with Crippen LogP contribution >= 0.6 is 0 Å². The first-order valence-electron chi connectivity index (χ1n) is 6.87. The number of nitrogens with two attached hydrogens (primary N) is 1. The Kier molecular flexibility index (Phi) is 3.87. The summed E-state index contributed by atoms with van der Waals surface area (Å²) in [6, 6.07) is 6.33. The molecule has 0 aliphatic carbocycles. The van der Waals surface area contributed by atoms with E-state index in [-0.39, 0.29) is 29.9 Å². The van der Waals surface area contributed by atoms with Crippen LogP contribution in [0.15, 0.2) is 41.2 Å². The molecule has 3 aromatic rings. The van der Waals surface area contributed by atoms with Gasteiger partial charge in [-0.25, -0.2) is 18.2 Å². The van der Waals surface area contributed by atoms with Gasteiger partial charge in [-0.15, -0.1) is 0 Å². The van der Waals surface area contributed by atoms with E-state index < -0.39 is 23.0 Å². The van der Waals surface area contributed by atoms with Gasteiger partial charge in [-0.2, -0.15) is 0 Å². The van der Waals surface area contributed by atoms with Gasteiger partial charge in [0.15, 0.2) is 0 Å². The summed E-state index contributed by atoms with van der Waals surface area (Å²) in [6.07, 6.45) is 0.223. The maximum absolute atomic E-state index is 13.5. The second-order valence-electron chi connectivity index (χ2n) is 5.00. The standard InChI is InChI=1S/C16H12F3N3O/c17-9-1-2-14-13(8-9)16(23)22(15(21-14)3-4-20)12-6-10(18)5-11(19)7-12/h1-2,5-8H,3-4,20H2. The molecule has 7 heteroatoms. The largest absolute Gasteiger partial charge is 0.330 e. The molecule has 4 nitrogen and oxygen atoms in total. The van der Waals surface area contributed by atoms with E-state index in [0.29, 0.717) is 11.6 Å². The van der Waals surface area contributed by atoms with Gasteiger partial charge in [0.2, 0.25) is 0 Å². The van der Waals surface area contributed by atoms with E-state index in [2.05, 4.69) is 4.98 Å². The van der Waals surface area contributed by atoms with Crippen molar-refractivity contribution in [1.29, 1.82) is 0 Å². The average molecular weight is 319 g/mol. The molecule has 0 fully saturated rings. The molecular formula is C16H12F3N3O. The molecule has 0 aliphatic heterocycles. The SMILES string of the molecule is NCCc1nc2ccc(F)cc2c(=O)n1-c1cc(F)cc(F)c1. The number of fused-ring (bicyclic) bond motifs is 1. The molecule has 2 N–H and O–H groups in total. The number of hydrogen-bond donors (Lipinski definition) is 1. The minimum Gasteiger partial charge on any atom is -0.330 e. The molecule has 0 aliphatic rings. The van der Waals surface area contributed by atoms with Crippen molar-refractivity contribution in [2.45, 2.75) is 6.42 Å². The van der Waals surface area contributed by atoms with Crippen LogP contribution in [0.3, 0.4) is 0 Å². The predicted molar refractivity (Wildman–Crippen MR) is 80.0 cm³/mol. The Labute approximate surface area is 129 Å². The van der Waals surface area contributed by atoms with E-state index in [4.69, 9.17) is 5.73 Å². The number of aromatic nitrogens is 2. The van der Waals surface area contributed by atoms with Crippen LogP contribution in [0.5, 0.6) is 0 Å². The smallest absolute Gasteiger partial charge is 0.266 e. The van der Waals surface area contributed by atoms with Crippen molar-refractivity contribution in [3.63, 3.8) is 0 Å². The normalized spacial score (nSPS) is 11.1. The van der Waals surface area contributed by atoms with Crippen molar-refractivity contribution in [1.82, 2.24) is 9.55 Å². The van der Waals surface area contributed by atoms with E-state index in [0.717, 1.165) is 22.8 Å². The maximum atomic E-state index is 13.5. The molecular weight excluding hydrogens is 307 g/mol. The van der Waals surface area contributed by atoms with Crippen molar-refractivity contribution in [3.05, 3.63) is 70.0 Å². The third-order valence-corrected chi connectivity index (χ3v) is 3.37. The highest BCUT2D eigenvalue weighted by atomic mass is 19.1. The molecule has 0 bridgehead atoms. The topological polar surface area (TPSA) is 60.9 Å². The number of halogens is 3. The summed E-state index contributed by atoms with van der Waals surface area (Å²) in [7, 11) is 0. The molecule has 0 saturated carbocycles. The van der Waals surface area contributed by atoms with E-state index in [1.165, 1.54) is 12.1 Å². The third-order valence-electron chi connectivity index (χ3n) is 3.37. The summed E-state index contributed by atoms with van der Waals surface area (Å²) in [4.78, 5) is 16.9. The first-order valence-corrected chi connectivity index (χ1v) is 6.87. The Morgan fingerprint density at radius 1 is 1.00 bits per heavy atom. The van der Waals surface area contributed by atoms with Gasteiger partial charge in [0.25, 0.3) is 5.56 Å². The molecule has 118 valence electrons. The van der Waals surface area contributed by atoms with E-state index in [9.17, 15) is 18.0 Å². The van der Waals surface area contributed by atoms with Crippen LogP contribution in [0.4, 0.5) is 13.2 Å². The Balaban J connectivity index is 2.39. The second kappa shape index (κ2) is 5.85. The molecule has 1 heterocycles. The molecule has 23 heavy (non-hydrogen) atoms. The first-order chi connectivity index (χ1) is 11.0. The highest BCUT2D eigenvalue weighted by Crippen LogP contribution is 2.16. The Morgan fingerprint density at radius 3 is 2.35 bits per heavy atom. The molecule has 0 radical (unpaired) electrons. The highest BCUT2D eigenvalue weighted by Gasteiger charge is 2.14. The van der Waals surface area contributed by atoms with E-state index in [1.807, 2.05) is 0 Å². The summed E-state index contributed by atoms with van der Waals surface area (Å²) >= 11 is 0. The average Bonchev–Trinajstić information content (AvgIpc) is 2.47. The zero-order valence-corrected chi connectivity index (χ0v) is 11.9. The van der Waals surface area contributed by atoms with Crippen LogP contribution in [0.1, 0.15) is 5.82 Å². The number of hydrogen-bond acceptors (Lipinski definition) is 3. The highest BCUT2D eigenvalue weighted by molar-refractivity contribution is 5.78. The van der Waals surface area contributed by atoms with Crippen molar-refractivity contribution in [2.75, 3.05) is 6.54 Å². The van der Waals surface area contributed by atoms with E-state index in [1.54, 1.807) is 0 Å². The van der Waals surface area contributed by atoms with Gasteiger partial charge >= 0.3 is 0 Å². The first kappa shape index (κ1) is 15.2. The molecule has 0 unspecified atom stereocenters. The maximum Gasteiger partial charge on any atom is 0.266 e. The molecule has 1 aromatic heterocycles. The lowest BCUT2D eigenvalue weighted by Crippen LogP contribution is -2.25. The quantitative estimate of drug-likeness (QED) is 0.806. The fourth-order valence-electron chi connectivity index (χ4n) is 2.44. The minimum absolute atomic E-state index is 0.0189. The minimum atomic E-state index is -0.829. The van der Waals surface area contributed by atoms with Crippen molar-refractivity contribution in [2.24, 2.45) is 5.73 Å². The lowest BCUT2D eigenvalue weighted by atomic mass is 10.2. The zero-order valence-electron chi connectivity index (χ0n) is 11.9. The third kappa shape index (κ3) is 2.83.